The predicted octanol–water partition coefficient (Wildman–Crippen LogP) is 2.57. The summed E-state index contributed by atoms with van der Waals surface area (Å²) in [7, 11) is -3.49. The van der Waals surface area contributed by atoms with E-state index in [9.17, 15) is 13.2 Å². The summed E-state index contributed by atoms with van der Waals surface area (Å²) in [6, 6.07) is 7.10. The average molecular weight is 462 g/mol. The standard InChI is InChI=1S/C23H31N3O5S/c27-22(24-13-8-23(9-14-24)30-15-16-31-23)18-25-12-7-19-17-20(5-6-21(19)25)32(28,29)26-10-3-1-2-4-11-26/h5-7,12,17H,1-4,8-11,13-16,18H2. The number of benzene rings is 1. The highest BCUT2D eigenvalue weighted by Gasteiger charge is 2.40. The topological polar surface area (TPSA) is 81.1 Å². The van der Waals surface area contributed by atoms with Crippen LogP contribution < -0.4 is 0 Å². The summed E-state index contributed by atoms with van der Waals surface area (Å²) in [4.78, 5) is 15.1. The number of sulfonamides is 1. The van der Waals surface area contributed by atoms with E-state index in [0.717, 1.165) is 36.6 Å². The largest absolute Gasteiger partial charge is 0.347 e. The summed E-state index contributed by atoms with van der Waals surface area (Å²) in [6.07, 6.45) is 7.25. The van der Waals surface area contributed by atoms with Crippen molar-refractivity contribution in [1.82, 2.24) is 13.8 Å². The van der Waals surface area contributed by atoms with Gasteiger partial charge in [-0.1, -0.05) is 12.8 Å². The molecule has 2 aromatic rings. The summed E-state index contributed by atoms with van der Waals surface area (Å²) < 4.78 is 41.2. The van der Waals surface area contributed by atoms with E-state index >= 15 is 0 Å². The fourth-order valence-corrected chi connectivity index (χ4v) is 6.59. The van der Waals surface area contributed by atoms with Crippen LogP contribution in [0.5, 0.6) is 0 Å². The van der Waals surface area contributed by atoms with Crippen molar-refractivity contribution in [2.75, 3.05) is 39.4 Å². The molecule has 0 aliphatic carbocycles. The van der Waals surface area contributed by atoms with Gasteiger partial charge in [0.05, 0.1) is 18.1 Å². The number of hydrogen-bond acceptors (Lipinski definition) is 5. The first kappa shape index (κ1) is 21.9. The van der Waals surface area contributed by atoms with Gasteiger partial charge in [-0.15, -0.1) is 0 Å². The third-order valence-electron chi connectivity index (χ3n) is 6.94. The molecule has 4 heterocycles. The Bertz CT molecular complexity index is 1070. The number of amides is 1. The molecule has 0 unspecified atom stereocenters. The first-order valence-electron chi connectivity index (χ1n) is 11.6. The van der Waals surface area contributed by atoms with Crippen molar-refractivity contribution >= 4 is 26.8 Å². The molecule has 3 fully saturated rings. The lowest BCUT2D eigenvalue weighted by Crippen LogP contribution is -2.48. The minimum Gasteiger partial charge on any atom is -0.347 e. The Labute approximate surface area is 189 Å². The summed E-state index contributed by atoms with van der Waals surface area (Å²) in [5.74, 6) is -0.441. The van der Waals surface area contributed by atoms with Gasteiger partial charge in [0.15, 0.2) is 5.79 Å². The van der Waals surface area contributed by atoms with Gasteiger partial charge in [0, 0.05) is 56.1 Å². The molecule has 32 heavy (non-hydrogen) atoms. The molecule has 8 nitrogen and oxygen atoms in total. The fourth-order valence-electron chi connectivity index (χ4n) is 5.04. The molecule has 3 aliphatic rings. The van der Waals surface area contributed by atoms with Gasteiger partial charge in [0.2, 0.25) is 15.9 Å². The Balaban J connectivity index is 1.28. The number of aromatic nitrogens is 1. The van der Waals surface area contributed by atoms with Crippen LogP contribution in [-0.4, -0.2) is 73.3 Å². The second-order valence-electron chi connectivity index (χ2n) is 8.97. The zero-order valence-corrected chi connectivity index (χ0v) is 19.2. The highest BCUT2D eigenvalue weighted by Crippen LogP contribution is 2.31. The summed E-state index contributed by atoms with van der Waals surface area (Å²) >= 11 is 0. The SMILES string of the molecule is O=C(Cn1ccc2cc(S(=O)(=O)N3CCCCCC3)ccc21)N1CCC2(CC1)OCCO2. The number of fused-ring (bicyclic) bond motifs is 1. The van der Waals surface area contributed by atoms with Gasteiger partial charge in [0.25, 0.3) is 0 Å². The number of likely N-dealkylation sites (tertiary alicyclic amines) is 1. The molecular weight excluding hydrogens is 430 g/mol. The van der Waals surface area contributed by atoms with Crippen LogP contribution in [0.15, 0.2) is 35.4 Å². The molecule has 9 heteroatoms. The molecule has 1 spiro atoms. The molecule has 5 rings (SSSR count). The second-order valence-corrected chi connectivity index (χ2v) is 10.9. The van der Waals surface area contributed by atoms with Gasteiger partial charge in [0.1, 0.15) is 6.54 Å². The Hall–Kier alpha value is -1.94. The van der Waals surface area contributed by atoms with Crippen LogP contribution in [0.25, 0.3) is 10.9 Å². The van der Waals surface area contributed by atoms with Crippen LogP contribution in [0.4, 0.5) is 0 Å². The lowest BCUT2D eigenvalue weighted by atomic mass is 10.0. The summed E-state index contributed by atoms with van der Waals surface area (Å²) in [5.41, 5.74) is 0.865. The minimum absolute atomic E-state index is 0.0524. The zero-order valence-electron chi connectivity index (χ0n) is 18.4. The minimum atomic E-state index is -3.49. The smallest absolute Gasteiger partial charge is 0.243 e. The number of carbonyl (C=O) groups excluding carboxylic acids is 1. The van der Waals surface area contributed by atoms with Gasteiger partial charge < -0.3 is 18.9 Å². The van der Waals surface area contributed by atoms with E-state index in [-0.39, 0.29) is 12.5 Å². The zero-order chi connectivity index (χ0) is 22.2. The Kier molecular flexibility index (Phi) is 6.00. The maximum absolute atomic E-state index is 13.1. The van der Waals surface area contributed by atoms with Gasteiger partial charge in [-0.05, 0) is 37.1 Å². The molecular formula is C23H31N3O5S. The molecule has 1 amide bonds. The molecule has 174 valence electrons. The van der Waals surface area contributed by atoms with Crippen LogP contribution >= 0.6 is 0 Å². The Morgan fingerprint density at radius 3 is 2.31 bits per heavy atom. The maximum Gasteiger partial charge on any atom is 0.243 e. The van der Waals surface area contributed by atoms with Gasteiger partial charge in [-0.2, -0.15) is 4.31 Å². The van der Waals surface area contributed by atoms with Crippen LogP contribution in [0.1, 0.15) is 38.5 Å². The van der Waals surface area contributed by atoms with Crippen molar-refractivity contribution in [2.24, 2.45) is 0 Å². The molecule has 0 atom stereocenters. The van der Waals surface area contributed by atoms with Crippen molar-refractivity contribution in [3.63, 3.8) is 0 Å². The number of carbonyl (C=O) groups is 1. The third kappa shape index (κ3) is 4.19. The van der Waals surface area contributed by atoms with E-state index in [1.807, 2.05) is 27.8 Å². The van der Waals surface area contributed by atoms with Crippen molar-refractivity contribution in [2.45, 2.75) is 55.8 Å². The van der Waals surface area contributed by atoms with E-state index in [4.69, 9.17) is 9.47 Å². The van der Waals surface area contributed by atoms with Crippen LogP contribution in [-0.2, 0) is 30.8 Å². The number of hydrogen-bond donors (Lipinski definition) is 0. The number of rotatable bonds is 4. The normalized spacial score (nSPS) is 22.4. The molecule has 1 aromatic heterocycles. The quantitative estimate of drug-likeness (QED) is 0.699. The van der Waals surface area contributed by atoms with Gasteiger partial charge in [-0.3, -0.25) is 4.79 Å². The monoisotopic (exact) mass is 461 g/mol. The first-order chi connectivity index (χ1) is 15.5. The number of piperidine rings is 1. The Morgan fingerprint density at radius 2 is 1.62 bits per heavy atom. The lowest BCUT2D eigenvalue weighted by molar-refractivity contribution is -0.187. The summed E-state index contributed by atoms with van der Waals surface area (Å²) in [6.45, 7) is 3.90. The van der Waals surface area contributed by atoms with Gasteiger partial charge in [-0.25, -0.2) is 8.42 Å². The van der Waals surface area contributed by atoms with Crippen LogP contribution in [0.2, 0.25) is 0 Å². The molecule has 3 aliphatic heterocycles. The molecule has 3 saturated heterocycles. The fraction of sp³-hybridized carbons (Fsp3) is 0.609. The van der Waals surface area contributed by atoms with Crippen LogP contribution in [0, 0.1) is 0 Å². The number of ether oxygens (including phenoxy) is 2. The van der Waals surface area contributed by atoms with Crippen molar-refractivity contribution < 1.29 is 22.7 Å². The van der Waals surface area contributed by atoms with E-state index < -0.39 is 15.8 Å². The third-order valence-corrected chi connectivity index (χ3v) is 8.84. The Morgan fingerprint density at radius 1 is 0.938 bits per heavy atom. The van der Waals surface area contributed by atoms with Gasteiger partial charge >= 0.3 is 0 Å². The maximum atomic E-state index is 13.1. The van der Waals surface area contributed by atoms with E-state index in [1.165, 1.54) is 0 Å². The molecule has 0 bridgehead atoms. The van der Waals surface area contributed by atoms with E-state index in [1.54, 1.807) is 16.4 Å². The summed E-state index contributed by atoms with van der Waals surface area (Å²) in [5, 5.41) is 0.832. The van der Waals surface area contributed by atoms with Crippen LogP contribution in [0.3, 0.4) is 0 Å². The lowest BCUT2D eigenvalue weighted by Gasteiger charge is -2.37. The molecule has 0 radical (unpaired) electrons. The highest BCUT2D eigenvalue weighted by atomic mass is 32.2. The number of nitrogens with zero attached hydrogens (tertiary/aromatic N) is 3. The van der Waals surface area contributed by atoms with Crippen molar-refractivity contribution in [3.05, 3.63) is 30.5 Å². The first-order valence-corrected chi connectivity index (χ1v) is 13.1. The second kappa shape index (κ2) is 8.78. The van der Waals surface area contributed by atoms with E-state index in [0.29, 0.717) is 57.1 Å². The predicted molar refractivity (Wildman–Crippen MR) is 120 cm³/mol. The molecule has 1 aromatic carbocycles. The van der Waals surface area contributed by atoms with Crippen molar-refractivity contribution in [1.29, 1.82) is 0 Å². The molecule has 0 saturated carbocycles. The average Bonchev–Trinajstić information content (AvgIpc) is 3.30. The molecule has 0 N–H and O–H groups in total. The van der Waals surface area contributed by atoms with Crippen molar-refractivity contribution in [3.8, 4) is 0 Å². The highest BCUT2D eigenvalue weighted by molar-refractivity contribution is 7.89. The van der Waals surface area contributed by atoms with E-state index in [2.05, 4.69) is 0 Å².